The van der Waals surface area contributed by atoms with Crippen LogP contribution in [0.5, 0.6) is 23.0 Å². The van der Waals surface area contributed by atoms with Crippen molar-refractivity contribution in [1.29, 1.82) is 0 Å². The zero-order chi connectivity index (χ0) is 43.0. The fourth-order valence-electron chi connectivity index (χ4n) is 7.00. The molecule has 3 aliphatic heterocycles. The van der Waals surface area contributed by atoms with E-state index < -0.39 is 128 Å². The molecule has 3 saturated heterocycles. The van der Waals surface area contributed by atoms with Crippen LogP contribution in [-0.2, 0) is 25.4 Å². The summed E-state index contributed by atoms with van der Waals surface area (Å²) in [6.07, 6.45) is -23.4. The Kier molecular flexibility index (Phi) is 13.9. The van der Waals surface area contributed by atoms with Gasteiger partial charge < -0.3 is 93.7 Å². The van der Waals surface area contributed by atoms with Crippen LogP contribution in [0.2, 0.25) is 0 Å². The lowest BCUT2D eigenvalue weighted by Gasteiger charge is -2.45. The van der Waals surface area contributed by atoms with E-state index in [9.17, 15) is 61.0 Å². The second-order valence-electron chi connectivity index (χ2n) is 14.8. The quantitative estimate of drug-likeness (QED) is 0.0870. The van der Waals surface area contributed by atoms with Crippen LogP contribution in [-0.4, -0.2) is 169 Å². The summed E-state index contributed by atoms with van der Waals surface area (Å²) in [6.45, 7) is 3.48. The molecule has 1 aromatic heterocycles. The Morgan fingerprint density at radius 2 is 1.32 bits per heavy atom. The monoisotopic (exact) mass is 838 g/mol. The molecule has 4 heterocycles. The van der Waals surface area contributed by atoms with Gasteiger partial charge in [0.2, 0.25) is 23.8 Å². The van der Waals surface area contributed by atoms with Gasteiger partial charge in [0.05, 0.1) is 26.4 Å². The summed E-state index contributed by atoms with van der Waals surface area (Å²) < 4.78 is 46.2. The number of methoxy groups -OCH3 is 1. The predicted molar refractivity (Wildman–Crippen MR) is 199 cm³/mol. The molecule has 15 atom stereocenters. The Labute approximate surface area is 336 Å². The van der Waals surface area contributed by atoms with Gasteiger partial charge in [0.15, 0.2) is 12.1 Å². The van der Waals surface area contributed by atoms with Crippen molar-refractivity contribution in [2.75, 3.05) is 20.3 Å². The molecule has 20 heteroatoms. The normalized spacial score (nSPS) is 35.0. The molecule has 3 fully saturated rings. The first-order valence-corrected chi connectivity index (χ1v) is 18.8. The van der Waals surface area contributed by atoms with Gasteiger partial charge in [-0.15, -0.1) is 0 Å². The third-order valence-electron chi connectivity index (χ3n) is 10.5. The van der Waals surface area contributed by atoms with E-state index in [0.29, 0.717) is 5.75 Å². The molecular formula is C39H50O20. The fraction of sp³-hybridized carbons (Fsp3) is 0.564. The maximum atomic E-state index is 14.6. The van der Waals surface area contributed by atoms with E-state index in [4.69, 9.17) is 37.6 Å². The Bertz CT molecular complexity index is 1990. The topological polar surface area (TPSA) is 317 Å². The van der Waals surface area contributed by atoms with Gasteiger partial charge >= 0.3 is 0 Å². The fourth-order valence-corrected chi connectivity index (χ4v) is 7.00. The van der Waals surface area contributed by atoms with Gasteiger partial charge in [-0.1, -0.05) is 11.6 Å². The first-order valence-electron chi connectivity index (χ1n) is 18.8. The number of hydrogen-bond acceptors (Lipinski definition) is 20. The lowest BCUT2D eigenvalue weighted by Crippen LogP contribution is -2.64. The van der Waals surface area contributed by atoms with Gasteiger partial charge in [0.1, 0.15) is 95.4 Å². The number of fused-ring (bicyclic) bond motifs is 1. The first-order chi connectivity index (χ1) is 28.0. The summed E-state index contributed by atoms with van der Waals surface area (Å²) in [7, 11) is 1.44. The number of phenols is 1. The number of aliphatic hydroxyl groups excluding tert-OH is 10. The number of rotatable bonds is 12. The molecule has 0 bridgehead atoms. The van der Waals surface area contributed by atoms with Crippen molar-refractivity contribution in [3.8, 4) is 34.3 Å². The maximum Gasteiger partial charge on any atom is 0.239 e. The van der Waals surface area contributed by atoms with Gasteiger partial charge in [-0.05, 0) is 51.5 Å². The summed E-state index contributed by atoms with van der Waals surface area (Å²) in [5.41, 5.74) is -0.00688. The molecule has 0 radical (unpaired) electrons. The Balaban J connectivity index is 1.45. The van der Waals surface area contributed by atoms with E-state index in [1.807, 2.05) is 0 Å². The number of aromatic hydroxyl groups is 1. The van der Waals surface area contributed by atoms with Crippen molar-refractivity contribution in [1.82, 2.24) is 0 Å². The maximum absolute atomic E-state index is 14.6. The van der Waals surface area contributed by atoms with Crippen LogP contribution in [0.4, 0.5) is 0 Å². The minimum Gasteiger partial charge on any atom is -0.507 e. The number of ether oxygens (including phenoxy) is 7. The summed E-state index contributed by atoms with van der Waals surface area (Å²) in [6, 6.07) is 7.20. The largest absolute Gasteiger partial charge is 0.507 e. The summed E-state index contributed by atoms with van der Waals surface area (Å²) >= 11 is 0. The summed E-state index contributed by atoms with van der Waals surface area (Å²) in [5, 5.41) is 116. The molecule has 6 rings (SSSR count). The van der Waals surface area contributed by atoms with Crippen LogP contribution in [0.25, 0.3) is 22.3 Å². The Morgan fingerprint density at radius 3 is 1.90 bits per heavy atom. The van der Waals surface area contributed by atoms with Crippen LogP contribution in [0.3, 0.4) is 0 Å². The van der Waals surface area contributed by atoms with Crippen LogP contribution in [0, 0.1) is 0 Å². The van der Waals surface area contributed by atoms with Crippen molar-refractivity contribution < 1.29 is 93.7 Å². The molecule has 3 aromatic rings. The molecule has 20 nitrogen and oxygen atoms in total. The highest BCUT2D eigenvalue weighted by Crippen LogP contribution is 2.42. The van der Waals surface area contributed by atoms with Gasteiger partial charge in [0.25, 0.3) is 0 Å². The van der Waals surface area contributed by atoms with Gasteiger partial charge in [-0.2, -0.15) is 0 Å². The third-order valence-corrected chi connectivity index (χ3v) is 10.5. The zero-order valence-electron chi connectivity index (χ0n) is 32.3. The molecule has 326 valence electrons. The molecule has 0 saturated carbocycles. The highest BCUT2D eigenvalue weighted by molar-refractivity contribution is 5.91. The molecule has 11 N–H and O–H groups in total. The van der Waals surface area contributed by atoms with E-state index in [1.54, 1.807) is 32.1 Å². The van der Waals surface area contributed by atoms with E-state index >= 15 is 0 Å². The van der Waals surface area contributed by atoms with Gasteiger partial charge in [-0.3, -0.25) is 4.79 Å². The minimum absolute atomic E-state index is 0.00783. The van der Waals surface area contributed by atoms with E-state index in [-0.39, 0.29) is 34.6 Å². The first kappa shape index (κ1) is 44.6. The second kappa shape index (κ2) is 18.3. The number of hydrogen-bond donors (Lipinski definition) is 11. The van der Waals surface area contributed by atoms with Crippen molar-refractivity contribution in [2.45, 2.75) is 119 Å². The number of allylic oxidation sites excluding steroid dienone is 2. The van der Waals surface area contributed by atoms with Crippen molar-refractivity contribution in [3.05, 3.63) is 57.8 Å². The predicted octanol–water partition coefficient (Wildman–Crippen LogP) is -2.11. The smallest absolute Gasteiger partial charge is 0.239 e. The molecule has 0 unspecified atom stereocenters. The second-order valence-corrected chi connectivity index (χ2v) is 14.8. The minimum atomic E-state index is -1.96. The zero-order valence-corrected chi connectivity index (χ0v) is 32.3. The molecule has 3 aliphatic rings. The van der Waals surface area contributed by atoms with Gasteiger partial charge in [-0.25, -0.2) is 0 Å². The lowest BCUT2D eigenvalue weighted by molar-refractivity contribution is -0.350. The number of benzene rings is 2. The average Bonchev–Trinajstić information content (AvgIpc) is 3.21. The van der Waals surface area contributed by atoms with E-state index in [2.05, 4.69) is 0 Å². The van der Waals surface area contributed by atoms with Crippen LogP contribution < -0.4 is 19.6 Å². The average molecular weight is 839 g/mol. The molecule has 0 amide bonds. The van der Waals surface area contributed by atoms with E-state index in [1.165, 1.54) is 26.2 Å². The Morgan fingerprint density at radius 1 is 0.746 bits per heavy atom. The lowest BCUT2D eigenvalue weighted by atomic mass is 9.97. The highest BCUT2D eigenvalue weighted by Gasteiger charge is 2.51. The van der Waals surface area contributed by atoms with Crippen LogP contribution in [0.15, 0.2) is 51.2 Å². The highest BCUT2D eigenvalue weighted by atomic mass is 16.7. The van der Waals surface area contributed by atoms with Crippen molar-refractivity contribution in [3.63, 3.8) is 0 Å². The SMILES string of the molecule is COc1ccc(-c2oc3c(CC=C(C)C)c(O[C@@H]4O[C@@H](CO)[C@@H](O)[C@H](O)[C@@H]4O)cc(O)c3c(=O)c2O[C@@H]2O[C@H](C)[C@H](O)[C@H](O[C@@H]3O[C@H](CO)[C@H](O)[C@H](O)[C@H]3O)[C@H]2O)cc1. The Hall–Kier alpha value is -3.97. The standard InChI is InChI=1S/C39H50O20/c1-14(2)5-10-18-20(54-37-30(49)28(47)25(44)21(12-40)55-37)11-19(42)23-27(46)36(33(57-34(18)23)16-6-8-17(52-4)9-7-16)59-39-32(51)35(24(43)15(3)53-39)58-38-31(50)29(48)26(45)22(13-41)56-38/h5-9,11,15,21-22,24-26,28-32,35,37-45,47-51H,10,12-13H2,1-4H3/t15-,21+,22-,24+,25-,26+,28+,29+,30+,31-,32-,35+,37-,38+,39+/m1/s1. The molecule has 0 aliphatic carbocycles. The summed E-state index contributed by atoms with van der Waals surface area (Å²) in [4.78, 5) is 14.6. The van der Waals surface area contributed by atoms with Crippen molar-refractivity contribution >= 4 is 11.0 Å². The molecule has 0 spiro atoms. The summed E-state index contributed by atoms with van der Waals surface area (Å²) in [5.74, 6) is -1.30. The number of aliphatic hydroxyl groups is 10. The molecule has 59 heavy (non-hydrogen) atoms. The van der Waals surface area contributed by atoms with E-state index in [0.717, 1.165) is 11.6 Å². The molecule has 2 aromatic carbocycles. The van der Waals surface area contributed by atoms with Crippen molar-refractivity contribution in [2.24, 2.45) is 0 Å². The third kappa shape index (κ3) is 8.79. The van der Waals surface area contributed by atoms with Gasteiger partial charge in [0, 0.05) is 17.2 Å². The van der Waals surface area contributed by atoms with Crippen LogP contribution >= 0.6 is 0 Å². The number of phenolic OH excluding ortho intramolecular Hbond substituents is 1. The van der Waals surface area contributed by atoms with Crippen LogP contribution in [0.1, 0.15) is 26.3 Å². The molecular weight excluding hydrogens is 788 g/mol.